The third-order valence-electron chi connectivity index (χ3n) is 3.27. The first-order valence-electron chi connectivity index (χ1n) is 6.65. The number of thioether (sulfide) groups is 1. The molecule has 110 valence electrons. The maximum absolute atomic E-state index is 11.4. The van der Waals surface area contributed by atoms with Crippen LogP contribution in [0.1, 0.15) is 16.7 Å². The number of aryl methyl sites for hydroxylation is 1. The van der Waals surface area contributed by atoms with Gasteiger partial charge in [0.05, 0.1) is 6.42 Å². The zero-order valence-electron chi connectivity index (χ0n) is 11.9. The number of nitrogens with two attached hydrogens (primary N) is 2. The van der Waals surface area contributed by atoms with Gasteiger partial charge in [0.15, 0.2) is 0 Å². The molecule has 0 fully saturated rings. The summed E-state index contributed by atoms with van der Waals surface area (Å²) in [5.41, 5.74) is 12.0. The van der Waals surface area contributed by atoms with Crippen LogP contribution in [0.5, 0.6) is 0 Å². The van der Waals surface area contributed by atoms with Crippen molar-refractivity contribution in [3.8, 4) is 0 Å². The number of rotatable bonds is 5. The van der Waals surface area contributed by atoms with E-state index in [4.69, 9.17) is 11.6 Å². The van der Waals surface area contributed by atoms with Crippen molar-refractivity contribution < 1.29 is 4.79 Å². The number of nitrogen functional groups attached to an aromatic ring is 1. The molecule has 4 nitrogen and oxygen atoms in total. The Morgan fingerprint density at radius 2 is 1.90 bits per heavy atom. The van der Waals surface area contributed by atoms with Crippen molar-refractivity contribution in [3.05, 3.63) is 59.2 Å². The van der Waals surface area contributed by atoms with Crippen LogP contribution in [0.4, 0.5) is 5.69 Å². The van der Waals surface area contributed by atoms with Gasteiger partial charge in [-0.25, -0.2) is 5.84 Å². The number of carbonyl (C=O) groups excluding carboxylic acids is 1. The molecule has 0 bridgehead atoms. The highest BCUT2D eigenvalue weighted by molar-refractivity contribution is 7.98. The molecule has 2 rings (SSSR count). The molecule has 0 atom stereocenters. The van der Waals surface area contributed by atoms with Crippen molar-refractivity contribution >= 4 is 23.4 Å². The molecular weight excluding hydrogens is 282 g/mol. The van der Waals surface area contributed by atoms with Crippen LogP contribution >= 0.6 is 11.8 Å². The molecule has 5 N–H and O–H groups in total. The van der Waals surface area contributed by atoms with E-state index in [9.17, 15) is 4.79 Å². The standard InChI is InChI=1S/C16H19N3OS/c1-11-8-14(6-7-15(11)17)21-10-13-5-3-2-4-12(13)9-16(20)19-18/h2-8H,9-10,17-18H2,1H3,(H,19,20). The minimum Gasteiger partial charge on any atom is -0.399 e. The Morgan fingerprint density at radius 3 is 2.57 bits per heavy atom. The van der Waals surface area contributed by atoms with Crippen LogP contribution in [-0.2, 0) is 17.0 Å². The van der Waals surface area contributed by atoms with Crippen LogP contribution in [0.2, 0.25) is 0 Å². The third kappa shape index (κ3) is 4.24. The first-order chi connectivity index (χ1) is 10.1. The molecule has 0 unspecified atom stereocenters. The first-order valence-corrected chi connectivity index (χ1v) is 7.64. The number of benzene rings is 2. The number of carbonyl (C=O) groups is 1. The molecule has 0 aliphatic carbocycles. The van der Waals surface area contributed by atoms with Crippen molar-refractivity contribution in [1.29, 1.82) is 0 Å². The Morgan fingerprint density at radius 1 is 1.19 bits per heavy atom. The molecule has 0 saturated heterocycles. The molecule has 2 aromatic rings. The number of hydrazine groups is 1. The highest BCUT2D eigenvalue weighted by Gasteiger charge is 2.07. The SMILES string of the molecule is Cc1cc(SCc2ccccc2CC(=O)NN)ccc1N. The molecule has 0 aromatic heterocycles. The summed E-state index contributed by atoms with van der Waals surface area (Å²) in [7, 11) is 0. The molecular formula is C16H19N3OS. The van der Waals surface area contributed by atoms with E-state index in [0.717, 1.165) is 28.1 Å². The molecule has 5 heteroatoms. The lowest BCUT2D eigenvalue weighted by atomic mass is 10.1. The summed E-state index contributed by atoms with van der Waals surface area (Å²) in [4.78, 5) is 12.6. The summed E-state index contributed by atoms with van der Waals surface area (Å²) in [6.07, 6.45) is 0.300. The fourth-order valence-electron chi connectivity index (χ4n) is 1.99. The molecule has 0 aliphatic rings. The zero-order chi connectivity index (χ0) is 15.2. The van der Waals surface area contributed by atoms with Gasteiger partial charge in [-0.3, -0.25) is 10.2 Å². The highest BCUT2D eigenvalue weighted by atomic mass is 32.2. The number of amides is 1. The van der Waals surface area contributed by atoms with Gasteiger partial charge in [-0.2, -0.15) is 0 Å². The smallest absolute Gasteiger partial charge is 0.238 e. The zero-order valence-corrected chi connectivity index (χ0v) is 12.7. The molecule has 1 amide bonds. The molecule has 0 aliphatic heterocycles. The number of nitrogens with one attached hydrogen (secondary N) is 1. The van der Waals surface area contributed by atoms with Gasteiger partial charge in [0.25, 0.3) is 0 Å². The van der Waals surface area contributed by atoms with E-state index in [-0.39, 0.29) is 5.91 Å². The van der Waals surface area contributed by atoms with Crippen molar-refractivity contribution in [3.63, 3.8) is 0 Å². The van der Waals surface area contributed by atoms with Crippen LogP contribution in [0.3, 0.4) is 0 Å². The Balaban J connectivity index is 2.09. The Bertz CT molecular complexity index is 643. The monoisotopic (exact) mass is 301 g/mol. The van der Waals surface area contributed by atoms with Gasteiger partial charge in [0.1, 0.15) is 0 Å². The van der Waals surface area contributed by atoms with Crippen molar-refractivity contribution in [1.82, 2.24) is 5.43 Å². The van der Waals surface area contributed by atoms with Crippen LogP contribution in [0, 0.1) is 6.92 Å². The van der Waals surface area contributed by atoms with E-state index in [1.165, 1.54) is 4.90 Å². The Hall–Kier alpha value is -1.98. The number of anilines is 1. The largest absolute Gasteiger partial charge is 0.399 e. The lowest BCUT2D eigenvalue weighted by Gasteiger charge is -2.09. The average molecular weight is 301 g/mol. The van der Waals surface area contributed by atoms with Crippen LogP contribution in [0.25, 0.3) is 0 Å². The summed E-state index contributed by atoms with van der Waals surface area (Å²) < 4.78 is 0. The third-order valence-corrected chi connectivity index (χ3v) is 4.31. The van der Waals surface area contributed by atoms with Crippen molar-refractivity contribution in [2.45, 2.75) is 24.0 Å². The lowest BCUT2D eigenvalue weighted by Crippen LogP contribution is -2.31. The number of hydrogen-bond donors (Lipinski definition) is 3. The van der Waals surface area contributed by atoms with Crippen molar-refractivity contribution in [2.24, 2.45) is 5.84 Å². The lowest BCUT2D eigenvalue weighted by molar-refractivity contribution is -0.120. The van der Waals surface area contributed by atoms with Crippen LogP contribution < -0.4 is 17.0 Å². The second-order valence-electron chi connectivity index (χ2n) is 4.82. The van der Waals surface area contributed by atoms with Gasteiger partial charge in [-0.1, -0.05) is 24.3 Å². The maximum Gasteiger partial charge on any atom is 0.238 e. The minimum absolute atomic E-state index is 0.184. The second-order valence-corrected chi connectivity index (χ2v) is 5.87. The summed E-state index contributed by atoms with van der Waals surface area (Å²) in [6, 6.07) is 13.9. The van der Waals surface area contributed by atoms with Gasteiger partial charge in [0.2, 0.25) is 5.91 Å². The summed E-state index contributed by atoms with van der Waals surface area (Å²) in [5, 5.41) is 0. The van der Waals surface area contributed by atoms with E-state index in [1.807, 2.05) is 43.3 Å². The average Bonchev–Trinajstić information content (AvgIpc) is 2.49. The summed E-state index contributed by atoms with van der Waals surface area (Å²) in [6.45, 7) is 2.00. The van der Waals surface area contributed by atoms with E-state index >= 15 is 0 Å². The normalized spacial score (nSPS) is 10.4. The van der Waals surface area contributed by atoms with Gasteiger partial charge in [-0.05, 0) is 41.8 Å². The van der Waals surface area contributed by atoms with Gasteiger partial charge >= 0.3 is 0 Å². The first kappa shape index (κ1) is 15.4. The molecule has 2 aromatic carbocycles. The maximum atomic E-state index is 11.4. The van der Waals surface area contributed by atoms with Crippen molar-refractivity contribution in [2.75, 3.05) is 5.73 Å². The number of hydrogen-bond acceptors (Lipinski definition) is 4. The Kier molecular flexibility index (Phi) is 5.25. The molecule has 21 heavy (non-hydrogen) atoms. The summed E-state index contributed by atoms with van der Waals surface area (Å²) in [5.74, 6) is 5.77. The minimum atomic E-state index is -0.184. The van der Waals surface area contributed by atoms with E-state index in [0.29, 0.717) is 6.42 Å². The van der Waals surface area contributed by atoms with Crippen LogP contribution in [-0.4, -0.2) is 5.91 Å². The fraction of sp³-hybridized carbons (Fsp3) is 0.188. The predicted octanol–water partition coefficient (Wildman–Crippen LogP) is 2.40. The molecule has 0 heterocycles. The fourth-order valence-corrected chi connectivity index (χ4v) is 3.02. The molecule has 0 spiro atoms. The predicted molar refractivity (Wildman–Crippen MR) is 87.6 cm³/mol. The van der Waals surface area contributed by atoms with E-state index in [2.05, 4.69) is 11.5 Å². The van der Waals surface area contributed by atoms with E-state index in [1.54, 1.807) is 11.8 Å². The Labute approximate surface area is 128 Å². The van der Waals surface area contributed by atoms with Crippen LogP contribution in [0.15, 0.2) is 47.4 Å². The van der Waals surface area contributed by atoms with Gasteiger partial charge in [-0.15, -0.1) is 11.8 Å². The molecule has 0 saturated carbocycles. The van der Waals surface area contributed by atoms with Gasteiger partial charge in [0, 0.05) is 16.3 Å². The van der Waals surface area contributed by atoms with Gasteiger partial charge < -0.3 is 5.73 Å². The molecule has 0 radical (unpaired) electrons. The highest BCUT2D eigenvalue weighted by Crippen LogP contribution is 2.27. The quantitative estimate of drug-likeness (QED) is 0.260. The summed E-state index contributed by atoms with van der Waals surface area (Å²) >= 11 is 1.73. The second kappa shape index (κ2) is 7.15. The topological polar surface area (TPSA) is 81.1 Å². The van der Waals surface area contributed by atoms with E-state index < -0.39 is 0 Å².